The number of esters is 1. The maximum absolute atomic E-state index is 10.4. The van der Waals surface area contributed by atoms with Gasteiger partial charge in [-0.25, -0.2) is 4.79 Å². The van der Waals surface area contributed by atoms with E-state index in [2.05, 4.69) is 4.74 Å². The minimum Gasteiger partial charge on any atom is -0.466 e. The molecule has 4 nitrogen and oxygen atoms in total. The van der Waals surface area contributed by atoms with Gasteiger partial charge in [0.15, 0.2) is 0 Å². The minimum absolute atomic E-state index is 0.473. The number of ether oxygens (including phenoxy) is 1. The molecule has 0 saturated heterocycles. The van der Waals surface area contributed by atoms with Gasteiger partial charge < -0.3 is 10.5 Å². The number of carbonyl (C=O) groups excluding carboxylic acids is 2. The zero-order chi connectivity index (χ0) is 8.69. The van der Waals surface area contributed by atoms with Gasteiger partial charge in [0, 0.05) is 12.2 Å². The van der Waals surface area contributed by atoms with Gasteiger partial charge in [-0.3, -0.25) is 4.79 Å². The van der Waals surface area contributed by atoms with Crippen LogP contribution < -0.4 is 5.73 Å². The number of primary amides is 1. The number of amides is 1. The fraction of sp³-hybridized carbons (Fsp3) is 0.143. The molecule has 0 radical (unpaired) electrons. The number of methoxy groups -OCH3 is 1. The summed E-state index contributed by atoms with van der Waals surface area (Å²) >= 11 is 0. The van der Waals surface area contributed by atoms with Crippen LogP contribution in [-0.4, -0.2) is 19.0 Å². The van der Waals surface area contributed by atoms with Gasteiger partial charge in [-0.2, -0.15) is 0 Å². The van der Waals surface area contributed by atoms with E-state index in [9.17, 15) is 9.59 Å². The van der Waals surface area contributed by atoms with Crippen molar-refractivity contribution < 1.29 is 14.3 Å². The van der Waals surface area contributed by atoms with Crippen LogP contribution >= 0.6 is 0 Å². The number of hydrogen-bond donors (Lipinski definition) is 1. The van der Waals surface area contributed by atoms with Crippen molar-refractivity contribution in [3.05, 3.63) is 24.3 Å². The first kappa shape index (κ1) is 9.42. The summed E-state index contributed by atoms with van der Waals surface area (Å²) < 4.78 is 4.28. The third-order valence-electron chi connectivity index (χ3n) is 0.805. The Bertz CT molecular complexity index is 206. The highest BCUT2D eigenvalue weighted by Gasteiger charge is 1.86. The highest BCUT2D eigenvalue weighted by atomic mass is 16.5. The number of allylic oxidation sites excluding steroid dienone is 2. The van der Waals surface area contributed by atoms with Gasteiger partial charge in [0.1, 0.15) is 0 Å². The molecule has 0 fully saturated rings. The summed E-state index contributed by atoms with van der Waals surface area (Å²) in [6.45, 7) is 0. The third-order valence-corrected chi connectivity index (χ3v) is 0.805. The predicted octanol–water partition coefficient (Wildman–Crippen LogP) is -0.243. The average molecular weight is 155 g/mol. The standard InChI is InChI=1S/C7H9NO3/c1-11-7(10)5-3-2-4-6(8)9/h2-5H,1H3,(H2,8,9)/b4-2+,5-3+. The minimum atomic E-state index is -0.556. The Morgan fingerprint density at radius 1 is 1.27 bits per heavy atom. The molecule has 1 amide bonds. The summed E-state index contributed by atoms with van der Waals surface area (Å²) in [6, 6.07) is 0. The first-order valence-corrected chi connectivity index (χ1v) is 2.89. The fourth-order valence-electron chi connectivity index (χ4n) is 0.353. The van der Waals surface area contributed by atoms with Crippen LogP contribution in [0.1, 0.15) is 0 Å². The predicted molar refractivity (Wildman–Crippen MR) is 39.5 cm³/mol. The van der Waals surface area contributed by atoms with Crippen molar-refractivity contribution in [3.8, 4) is 0 Å². The zero-order valence-electron chi connectivity index (χ0n) is 6.11. The molecule has 0 spiro atoms. The van der Waals surface area contributed by atoms with Gasteiger partial charge in [0.2, 0.25) is 5.91 Å². The van der Waals surface area contributed by atoms with Gasteiger partial charge in [0.05, 0.1) is 7.11 Å². The van der Waals surface area contributed by atoms with Gasteiger partial charge in [-0.05, 0) is 0 Å². The topological polar surface area (TPSA) is 69.4 Å². The molecule has 0 aliphatic heterocycles. The molecule has 0 bridgehead atoms. The Morgan fingerprint density at radius 3 is 2.27 bits per heavy atom. The molecule has 0 aromatic carbocycles. The van der Waals surface area contributed by atoms with E-state index in [1.54, 1.807) is 0 Å². The first-order chi connectivity index (χ1) is 5.16. The summed E-state index contributed by atoms with van der Waals surface area (Å²) in [5.41, 5.74) is 4.77. The molecular formula is C7H9NO3. The smallest absolute Gasteiger partial charge is 0.330 e. The van der Waals surface area contributed by atoms with Gasteiger partial charge >= 0.3 is 5.97 Å². The number of hydrogen-bond acceptors (Lipinski definition) is 3. The van der Waals surface area contributed by atoms with Crippen molar-refractivity contribution in [1.29, 1.82) is 0 Å². The van der Waals surface area contributed by atoms with E-state index < -0.39 is 11.9 Å². The van der Waals surface area contributed by atoms with Crippen LogP contribution in [0.25, 0.3) is 0 Å². The van der Waals surface area contributed by atoms with E-state index in [0.29, 0.717) is 0 Å². The van der Waals surface area contributed by atoms with Crippen molar-refractivity contribution in [2.75, 3.05) is 7.11 Å². The van der Waals surface area contributed by atoms with Crippen molar-refractivity contribution in [3.63, 3.8) is 0 Å². The van der Waals surface area contributed by atoms with E-state index >= 15 is 0 Å². The number of rotatable bonds is 3. The molecule has 0 saturated carbocycles. The Hall–Kier alpha value is -1.58. The average Bonchev–Trinajstić information content (AvgIpc) is 1.97. The number of nitrogens with two attached hydrogens (primary N) is 1. The van der Waals surface area contributed by atoms with Crippen LogP contribution in [0.2, 0.25) is 0 Å². The van der Waals surface area contributed by atoms with Crippen LogP contribution in [0.5, 0.6) is 0 Å². The summed E-state index contributed by atoms with van der Waals surface area (Å²) in [5.74, 6) is -1.03. The van der Waals surface area contributed by atoms with Crippen LogP contribution in [0.4, 0.5) is 0 Å². The lowest BCUT2D eigenvalue weighted by molar-refractivity contribution is -0.134. The molecule has 0 unspecified atom stereocenters. The first-order valence-electron chi connectivity index (χ1n) is 2.89. The third kappa shape index (κ3) is 6.30. The van der Waals surface area contributed by atoms with Gasteiger partial charge in [-0.1, -0.05) is 12.2 Å². The second-order valence-corrected chi connectivity index (χ2v) is 1.64. The highest BCUT2D eigenvalue weighted by molar-refractivity contribution is 5.86. The van der Waals surface area contributed by atoms with Crippen molar-refractivity contribution >= 4 is 11.9 Å². The zero-order valence-corrected chi connectivity index (χ0v) is 6.11. The molecule has 2 N–H and O–H groups in total. The van der Waals surface area contributed by atoms with Gasteiger partial charge in [0.25, 0.3) is 0 Å². The molecule has 4 heteroatoms. The van der Waals surface area contributed by atoms with E-state index in [4.69, 9.17) is 5.73 Å². The lowest BCUT2D eigenvalue weighted by Gasteiger charge is -1.85. The molecule has 0 rings (SSSR count). The second-order valence-electron chi connectivity index (χ2n) is 1.64. The summed E-state index contributed by atoms with van der Waals surface area (Å²) in [6.07, 6.45) is 5.05. The van der Waals surface area contributed by atoms with Crippen molar-refractivity contribution in [1.82, 2.24) is 0 Å². The SMILES string of the molecule is COC(=O)/C=C/C=C/C(N)=O. The van der Waals surface area contributed by atoms with E-state index in [0.717, 1.165) is 6.08 Å². The molecule has 0 aliphatic carbocycles. The normalized spacial score (nSPS) is 10.6. The Labute approximate surface area is 64.3 Å². The summed E-state index contributed by atoms with van der Waals surface area (Å²) in [7, 11) is 1.27. The highest BCUT2D eigenvalue weighted by Crippen LogP contribution is 1.79. The molecule has 0 aromatic heterocycles. The van der Waals surface area contributed by atoms with Crippen LogP contribution in [0, 0.1) is 0 Å². The number of carbonyl (C=O) groups is 2. The van der Waals surface area contributed by atoms with Gasteiger partial charge in [-0.15, -0.1) is 0 Å². The van der Waals surface area contributed by atoms with E-state index in [-0.39, 0.29) is 0 Å². The second kappa shape index (κ2) is 5.22. The van der Waals surface area contributed by atoms with E-state index in [1.807, 2.05) is 0 Å². The molecule has 11 heavy (non-hydrogen) atoms. The van der Waals surface area contributed by atoms with Crippen LogP contribution in [0.15, 0.2) is 24.3 Å². The summed E-state index contributed by atoms with van der Waals surface area (Å²) in [5, 5.41) is 0. The van der Waals surface area contributed by atoms with E-state index in [1.165, 1.54) is 25.3 Å². The maximum atomic E-state index is 10.4. The largest absolute Gasteiger partial charge is 0.466 e. The van der Waals surface area contributed by atoms with Crippen LogP contribution in [-0.2, 0) is 14.3 Å². The quantitative estimate of drug-likeness (QED) is 0.347. The lowest BCUT2D eigenvalue weighted by atomic mass is 10.4. The summed E-state index contributed by atoms with van der Waals surface area (Å²) in [4.78, 5) is 20.5. The van der Waals surface area contributed by atoms with Crippen molar-refractivity contribution in [2.24, 2.45) is 5.73 Å². The van der Waals surface area contributed by atoms with Crippen LogP contribution in [0.3, 0.4) is 0 Å². The molecule has 0 aromatic rings. The molecule has 0 aliphatic rings. The Morgan fingerprint density at radius 2 is 1.82 bits per heavy atom. The van der Waals surface area contributed by atoms with Crippen molar-refractivity contribution in [2.45, 2.75) is 0 Å². The molecule has 0 atom stereocenters. The molecule has 0 heterocycles. The maximum Gasteiger partial charge on any atom is 0.330 e. The molecule has 60 valence electrons. The Kier molecular flexibility index (Phi) is 4.47. The molecular weight excluding hydrogens is 146 g/mol. The lowest BCUT2D eigenvalue weighted by Crippen LogP contribution is -2.04. The Balaban J connectivity index is 3.77. The monoisotopic (exact) mass is 155 g/mol. The fourth-order valence-corrected chi connectivity index (χ4v) is 0.353.